The molecule has 108 valence electrons. The SMILES string of the molecule is CC(=O)NCc1ccncc1-c1cnc2c(c1)CCCN2. The van der Waals surface area contributed by atoms with E-state index < -0.39 is 0 Å². The van der Waals surface area contributed by atoms with Crippen molar-refractivity contribution in [3.63, 3.8) is 0 Å². The lowest BCUT2D eigenvalue weighted by atomic mass is 9.99. The van der Waals surface area contributed by atoms with Gasteiger partial charge in [0, 0.05) is 49.7 Å². The second-order valence-electron chi connectivity index (χ2n) is 5.20. The Morgan fingerprint density at radius 2 is 2.33 bits per heavy atom. The molecule has 1 aliphatic heterocycles. The maximum Gasteiger partial charge on any atom is 0.217 e. The van der Waals surface area contributed by atoms with Crippen molar-refractivity contribution in [2.45, 2.75) is 26.3 Å². The van der Waals surface area contributed by atoms with Gasteiger partial charge in [-0.05, 0) is 36.1 Å². The Labute approximate surface area is 123 Å². The standard InChI is InChI=1S/C16H18N4O/c1-11(21)19-8-13-4-6-17-10-15(13)14-7-12-3-2-5-18-16(12)20-9-14/h4,6-7,9-10H,2-3,5,8H2,1H3,(H,18,20)(H,19,21). The number of carbonyl (C=O) groups is 1. The van der Waals surface area contributed by atoms with Crippen LogP contribution in [-0.4, -0.2) is 22.4 Å². The Morgan fingerprint density at radius 3 is 3.19 bits per heavy atom. The molecule has 21 heavy (non-hydrogen) atoms. The average molecular weight is 282 g/mol. The number of hydrogen-bond acceptors (Lipinski definition) is 4. The van der Waals surface area contributed by atoms with Crippen LogP contribution in [0.2, 0.25) is 0 Å². The zero-order chi connectivity index (χ0) is 14.7. The predicted molar refractivity (Wildman–Crippen MR) is 81.8 cm³/mol. The van der Waals surface area contributed by atoms with Crippen molar-refractivity contribution in [1.82, 2.24) is 15.3 Å². The summed E-state index contributed by atoms with van der Waals surface area (Å²) in [5.74, 6) is 0.947. The molecular weight excluding hydrogens is 264 g/mol. The number of anilines is 1. The number of nitrogens with zero attached hydrogens (tertiary/aromatic N) is 2. The lowest BCUT2D eigenvalue weighted by Crippen LogP contribution is -2.19. The van der Waals surface area contributed by atoms with E-state index in [0.29, 0.717) is 6.54 Å². The van der Waals surface area contributed by atoms with E-state index in [0.717, 1.165) is 41.9 Å². The summed E-state index contributed by atoms with van der Waals surface area (Å²) in [4.78, 5) is 19.8. The fourth-order valence-electron chi connectivity index (χ4n) is 2.55. The largest absolute Gasteiger partial charge is 0.370 e. The van der Waals surface area contributed by atoms with Crippen molar-refractivity contribution in [2.24, 2.45) is 0 Å². The molecule has 0 aliphatic carbocycles. The number of amides is 1. The first kappa shape index (κ1) is 13.5. The fourth-order valence-corrected chi connectivity index (χ4v) is 2.55. The van der Waals surface area contributed by atoms with Crippen molar-refractivity contribution in [3.8, 4) is 11.1 Å². The molecule has 1 amide bonds. The van der Waals surface area contributed by atoms with Crippen LogP contribution in [0.25, 0.3) is 11.1 Å². The molecule has 2 aromatic heterocycles. The van der Waals surface area contributed by atoms with Crippen LogP contribution in [0.3, 0.4) is 0 Å². The summed E-state index contributed by atoms with van der Waals surface area (Å²) in [5, 5.41) is 6.15. The smallest absolute Gasteiger partial charge is 0.217 e. The van der Waals surface area contributed by atoms with Gasteiger partial charge in [0.05, 0.1) is 0 Å². The van der Waals surface area contributed by atoms with Gasteiger partial charge in [-0.3, -0.25) is 9.78 Å². The van der Waals surface area contributed by atoms with E-state index in [2.05, 4.69) is 26.7 Å². The number of carbonyl (C=O) groups excluding carboxylic acids is 1. The van der Waals surface area contributed by atoms with E-state index in [1.165, 1.54) is 12.5 Å². The van der Waals surface area contributed by atoms with E-state index in [-0.39, 0.29) is 5.91 Å². The van der Waals surface area contributed by atoms with Crippen LogP contribution in [-0.2, 0) is 17.8 Å². The molecule has 0 unspecified atom stereocenters. The zero-order valence-electron chi connectivity index (χ0n) is 12.0. The molecule has 5 nitrogen and oxygen atoms in total. The summed E-state index contributed by atoms with van der Waals surface area (Å²) in [6.07, 6.45) is 7.62. The molecule has 0 saturated heterocycles. The molecule has 0 aromatic carbocycles. The van der Waals surface area contributed by atoms with Gasteiger partial charge in [0.15, 0.2) is 0 Å². The Hall–Kier alpha value is -2.43. The predicted octanol–water partition coefficient (Wildman–Crippen LogP) is 2.14. The number of aryl methyl sites for hydroxylation is 1. The van der Waals surface area contributed by atoms with Crippen molar-refractivity contribution in [3.05, 3.63) is 41.9 Å². The van der Waals surface area contributed by atoms with Gasteiger partial charge in [-0.25, -0.2) is 4.98 Å². The van der Waals surface area contributed by atoms with Gasteiger partial charge in [-0.1, -0.05) is 0 Å². The summed E-state index contributed by atoms with van der Waals surface area (Å²) in [7, 11) is 0. The van der Waals surface area contributed by atoms with Gasteiger partial charge in [-0.2, -0.15) is 0 Å². The number of hydrogen-bond donors (Lipinski definition) is 2. The highest BCUT2D eigenvalue weighted by molar-refractivity contribution is 5.74. The molecule has 0 spiro atoms. The molecule has 0 saturated carbocycles. The number of fused-ring (bicyclic) bond motifs is 1. The minimum atomic E-state index is -0.0365. The van der Waals surface area contributed by atoms with Gasteiger partial charge in [0.2, 0.25) is 5.91 Å². The quantitative estimate of drug-likeness (QED) is 0.905. The van der Waals surface area contributed by atoms with E-state index in [4.69, 9.17) is 0 Å². The molecule has 1 aliphatic rings. The molecule has 0 fully saturated rings. The normalized spacial score (nSPS) is 13.2. The maximum atomic E-state index is 11.1. The van der Waals surface area contributed by atoms with Gasteiger partial charge in [-0.15, -0.1) is 0 Å². The zero-order valence-corrected chi connectivity index (χ0v) is 12.0. The second kappa shape index (κ2) is 5.91. The number of aromatic nitrogens is 2. The second-order valence-corrected chi connectivity index (χ2v) is 5.20. The highest BCUT2D eigenvalue weighted by atomic mass is 16.1. The Bertz CT molecular complexity index is 669. The van der Waals surface area contributed by atoms with Crippen molar-refractivity contribution in [1.29, 1.82) is 0 Å². The van der Waals surface area contributed by atoms with Crippen molar-refractivity contribution >= 4 is 11.7 Å². The molecule has 2 aromatic rings. The molecule has 0 radical (unpaired) electrons. The third-order valence-corrected chi connectivity index (χ3v) is 3.63. The Morgan fingerprint density at radius 1 is 1.43 bits per heavy atom. The average Bonchev–Trinajstić information content (AvgIpc) is 2.52. The summed E-state index contributed by atoms with van der Waals surface area (Å²) in [6.45, 7) is 3.01. The minimum absolute atomic E-state index is 0.0365. The van der Waals surface area contributed by atoms with Crippen LogP contribution in [0, 0.1) is 0 Å². The molecular formula is C16H18N4O. The van der Waals surface area contributed by atoms with Crippen LogP contribution >= 0.6 is 0 Å². The monoisotopic (exact) mass is 282 g/mol. The fraction of sp³-hybridized carbons (Fsp3) is 0.312. The minimum Gasteiger partial charge on any atom is -0.370 e. The number of rotatable bonds is 3. The van der Waals surface area contributed by atoms with E-state index >= 15 is 0 Å². The third kappa shape index (κ3) is 3.02. The Balaban J connectivity index is 1.94. The highest BCUT2D eigenvalue weighted by Crippen LogP contribution is 2.27. The highest BCUT2D eigenvalue weighted by Gasteiger charge is 2.13. The van der Waals surface area contributed by atoms with Gasteiger partial charge in [0.1, 0.15) is 5.82 Å². The van der Waals surface area contributed by atoms with Gasteiger partial charge >= 0.3 is 0 Å². The first-order valence-corrected chi connectivity index (χ1v) is 7.14. The van der Waals surface area contributed by atoms with Crippen LogP contribution < -0.4 is 10.6 Å². The molecule has 3 rings (SSSR count). The molecule has 3 heterocycles. The van der Waals surface area contributed by atoms with Crippen LogP contribution in [0.1, 0.15) is 24.5 Å². The topological polar surface area (TPSA) is 66.9 Å². The van der Waals surface area contributed by atoms with E-state index in [1.807, 2.05) is 18.5 Å². The summed E-state index contributed by atoms with van der Waals surface area (Å²) in [6, 6.07) is 4.10. The van der Waals surface area contributed by atoms with Crippen molar-refractivity contribution in [2.75, 3.05) is 11.9 Å². The van der Waals surface area contributed by atoms with E-state index in [9.17, 15) is 4.79 Å². The first-order valence-electron chi connectivity index (χ1n) is 7.14. The molecule has 0 atom stereocenters. The lowest BCUT2D eigenvalue weighted by molar-refractivity contribution is -0.119. The van der Waals surface area contributed by atoms with Crippen LogP contribution in [0.15, 0.2) is 30.7 Å². The molecule has 5 heteroatoms. The number of pyridine rings is 2. The lowest BCUT2D eigenvalue weighted by Gasteiger charge is -2.18. The molecule has 2 N–H and O–H groups in total. The van der Waals surface area contributed by atoms with Crippen LogP contribution in [0.4, 0.5) is 5.82 Å². The first-order chi connectivity index (χ1) is 10.2. The maximum absolute atomic E-state index is 11.1. The van der Waals surface area contributed by atoms with Crippen molar-refractivity contribution < 1.29 is 4.79 Å². The molecule has 0 bridgehead atoms. The van der Waals surface area contributed by atoms with Gasteiger partial charge in [0.25, 0.3) is 0 Å². The third-order valence-electron chi connectivity index (χ3n) is 3.63. The van der Waals surface area contributed by atoms with E-state index in [1.54, 1.807) is 6.20 Å². The summed E-state index contributed by atoms with van der Waals surface area (Å²) >= 11 is 0. The Kier molecular flexibility index (Phi) is 3.81. The summed E-state index contributed by atoms with van der Waals surface area (Å²) < 4.78 is 0. The summed E-state index contributed by atoms with van der Waals surface area (Å²) in [5.41, 5.74) is 4.36. The number of nitrogens with one attached hydrogen (secondary N) is 2. The van der Waals surface area contributed by atoms with Crippen LogP contribution in [0.5, 0.6) is 0 Å². The van der Waals surface area contributed by atoms with Gasteiger partial charge < -0.3 is 10.6 Å².